The van der Waals surface area contributed by atoms with Crippen molar-refractivity contribution in [2.75, 3.05) is 19.3 Å². The molecule has 1 heterocycles. The maximum Gasteiger partial charge on any atom is 0.251 e. The predicted molar refractivity (Wildman–Crippen MR) is 101 cm³/mol. The fraction of sp³-hybridized carbons (Fsp3) is 0.350. The molecule has 4 heteroatoms. The van der Waals surface area contributed by atoms with Crippen molar-refractivity contribution in [2.24, 2.45) is 5.92 Å². The Labute approximate surface area is 148 Å². The van der Waals surface area contributed by atoms with Crippen molar-refractivity contribution >= 4 is 17.7 Å². The Balaban J connectivity index is 1.59. The fourth-order valence-corrected chi connectivity index (χ4v) is 3.61. The molecule has 2 N–H and O–H groups in total. The van der Waals surface area contributed by atoms with E-state index >= 15 is 0 Å². The van der Waals surface area contributed by atoms with E-state index in [4.69, 9.17) is 0 Å². The summed E-state index contributed by atoms with van der Waals surface area (Å²) in [6.45, 7) is 2.76. The van der Waals surface area contributed by atoms with Gasteiger partial charge in [-0.25, -0.2) is 0 Å². The first-order chi connectivity index (χ1) is 11.7. The van der Waals surface area contributed by atoms with Crippen LogP contribution in [0.15, 0.2) is 53.4 Å². The molecule has 0 aromatic heterocycles. The lowest BCUT2D eigenvalue weighted by atomic mass is 9.97. The summed E-state index contributed by atoms with van der Waals surface area (Å²) in [6.07, 6.45) is 4.33. The summed E-state index contributed by atoms with van der Waals surface area (Å²) in [4.78, 5) is 13.6. The number of rotatable bonds is 6. The van der Waals surface area contributed by atoms with Gasteiger partial charge in [0.25, 0.3) is 5.91 Å². The molecule has 1 saturated heterocycles. The first-order valence-corrected chi connectivity index (χ1v) is 9.68. The van der Waals surface area contributed by atoms with Gasteiger partial charge < -0.3 is 10.6 Å². The highest BCUT2D eigenvalue weighted by Crippen LogP contribution is 2.17. The standard InChI is InChI=1S/C20H24N2OS/c1-24-19-7-3-5-16(12-19)14-22-20(23)18-6-2-4-15(11-18)10-17-8-9-21-13-17/h2-7,11-12,17,21H,8-10,13-14H2,1H3,(H,22,23). The summed E-state index contributed by atoms with van der Waals surface area (Å²) in [7, 11) is 0. The van der Waals surface area contributed by atoms with E-state index in [-0.39, 0.29) is 5.91 Å². The van der Waals surface area contributed by atoms with Gasteiger partial charge in [0.1, 0.15) is 0 Å². The topological polar surface area (TPSA) is 41.1 Å². The third kappa shape index (κ3) is 4.62. The van der Waals surface area contributed by atoms with Gasteiger partial charge >= 0.3 is 0 Å². The Bertz CT molecular complexity index is 696. The molecule has 1 fully saturated rings. The van der Waals surface area contributed by atoms with Crippen LogP contribution in [0.3, 0.4) is 0 Å². The molecule has 1 atom stereocenters. The van der Waals surface area contributed by atoms with Gasteiger partial charge in [0.05, 0.1) is 0 Å². The summed E-state index contributed by atoms with van der Waals surface area (Å²) in [6, 6.07) is 16.3. The molecule has 126 valence electrons. The van der Waals surface area contributed by atoms with Crippen LogP contribution in [-0.2, 0) is 13.0 Å². The second kappa shape index (κ2) is 8.36. The average Bonchev–Trinajstić information content (AvgIpc) is 3.13. The highest BCUT2D eigenvalue weighted by Gasteiger charge is 2.15. The fourth-order valence-electron chi connectivity index (χ4n) is 3.13. The van der Waals surface area contributed by atoms with Crippen LogP contribution < -0.4 is 10.6 Å². The quantitative estimate of drug-likeness (QED) is 0.791. The molecule has 1 amide bonds. The average molecular weight is 340 g/mol. The van der Waals surface area contributed by atoms with Gasteiger partial charge in [0.2, 0.25) is 0 Å². The second-order valence-electron chi connectivity index (χ2n) is 6.30. The lowest BCUT2D eigenvalue weighted by molar-refractivity contribution is 0.0951. The molecule has 1 aliphatic rings. The normalized spacial score (nSPS) is 17.0. The van der Waals surface area contributed by atoms with Gasteiger partial charge in [-0.1, -0.05) is 24.3 Å². The van der Waals surface area contributed by atoms with E-state index in [2.05, 4.69) is 35.1 Å². The molecule has 0 spiro atoms. The Morgan fingerprint density at radius 2 is 2.04 bits per heavy atom. The van der Waals surface area contributed by atoms with Crippen molar-refractivity contribution in [1.29, 1.82) is 0 Å². The minimum absolute atomic E-state index is 0.00375. The summed E-state index contributed by atoms with van der Waals surface area (Å²) in [5.74, 6) is 0.688. The van der Waals surface area contributed by atoms with E-state index in [9.17, 15) is 4.79 Å². The maximum absolute atomic E-state index is 12.4. The lowest BCUT2D eigenvalue weighted by Crippen LogP contribution is -2.23. The zero-order valence-corrected chi connectivity index (χ0v) is 14.9. The van der Waals surface area contributed by atoms with Crippen LogP contribution in [0.4, 0.5) is 0 Å². The zero-order chi connectivity index (χ0) is 16.8. The third-order valence-corrected chi connectivity index (χ3v) is 5.19. The Hall–Kier alpha value is -1.78. The monoisotopic (exact) mass is 340 g/mol. The van der Waals surface area contributed by atoms with Crippen LogP contribution in [-0.4, -0.2) is 25.3 Å². The molecule has 0 saturated carbocycles. The molecule has 1 aliphatic heterocycles. The van der Waals surface area contributed by atoms with E-state index in [1.807, 2.05) is 30.3 Å². The number of benzene rings is 2. The number of hydrogen-bond donors (Lipinski definition) is 2. The van der Waals surface area contributed by atoms with Crippen LogP contribution >= 0.6 is 11.8 Å². The van der Waals surface area contributed by atoms with Crippen LogP contribution in [0.1, 0.15) is 27.9 Å². The number of amides is 1. The SMILES string of the molecule is CSc1cccc(CNC(=O)c2cccc(CC3CCNC3)c2)c1. The Morgan fingerprint density at radius 1 is 1.21 bits per heavy atom. The van der Waals surface area contributed by atoms with Gasteiger partial charge in [-0.05, 0) is 73.5 Å². The zero-order valence-electron chi connectivity index (χ0n) is 14.0. The van der Waals surface area contributed by atoms with Crippen LogP contribution in [0.5, 0.6) is 0 Å². The third-order valence-electron chi connectivity index (χ3n) is 4.46. The van der Waals surface area contributed by atoms with Crippen molar-refractivity contribution in [3.8, 4) is 0 Å². The van der Waals surface area contributed by atoms with Crippen molar-refractivity contribution in [3.63, 3.8) is 0 Å². The number of nitrogens with one attached hydrogen (secondary N) is 2. The van der Waals surface area contributed by atoms with Crippen molar-refractivity contribution in [3.05, 3.63) is 65.2 Å². The van der Waals surface area contributed by atoms with E-state index in [0.29, 0.717) is 12.5 Å². The molecule has 2 aromatic rings. The minimum Gasteiger partial charge on any atom is -0.348 e. The molecule has 3 rings (SSSR count). The van der Waals surface area contributed by atoms with Crippen LogP contribution in [0, 0.1) is 5.92 Å². The molecule has 2 aromatic carbocycles. The van der Waals surface area contributed by atoms with Crippen molar-refractivity contribution < 1.29 is 4.79 Å². The summed E-state index contributed by atoms with van der Waals surface area (Å²) in [5.41, 5.74) is 3.13. The largest absolute Gasteiger partial charge is 0.348 e. The number of hydrogen-bond acceptors (Lipinski definition) is 3. The van der Waals surface area contributed by atoms with Crippen molar-refractivity contribution in [2.45, 2.75) is 24.3 Å². The molecule has 3 nitrogen and oxygen atoms in total. The maximum atomic E-state index is 12.4. The van der Waals surface area contributed by atoms with E-state index in [1.54, 1.807) is 11.8 Å². The molecule has 0 bridgehead atoms. The van der Waals surface area contributed by atoms with E-state index in [0.717, 1.165) is 30.6 Å². The summed E-state index contributed by atoms with van der Waals surface area (Å²) >= 11 is 1.71. The smallest absolute Gasteiger partial charge is 0.251 e. The van der Waals surface area contributed by atoms with Gasteiger partial charge in [-0.3, -0.25) is 4.79 Å². The number of carbonyl (C=O) groups is 1. The molecular formula is C20H24N2OS. The minimum atomic E-state index is -0.00375. The van der Waals surface area contributed by atoms with E-state index < -0.39 is 0 Å². The number of carbonyl (C=O) groups excluding carboxylic acids is 1. The molecule has 1 unspecified atom stereocenters. The van der Waals surface area contributed by atoms with Gasteiger partial charge in [-0.15, -0.1) is 11.8 Å². The van der Waals surface area contributed by atoms with Gasteiger partial charge in [0.15, 0.2) is 0 Å². The lowest BCUT2D eigenvalue weighted by Gasteiger charge is -2.10. The van der Waals surface area contributed by atoms with Crippen LogP contribution in [0.25, 0.3) is 0 Å². The van der Waals surface area contributed by atoms with E-state index in [1.165, 1.54) is 16.9 Å². The first-order valence-electron chi connectivity index (χ1n) is 8.45. The number of thioether (sulfide) groups is 1. The first kappa shape index (κ1) is 17.1. The summed E-state index contributed by atoms with van der Waals surface area (Å²) < 4.78 is 0. The second-order valence-corrected chi connectivity index (χ2v) is 7.18. The van der Waals surface area contributed by atoms with Gasteiger partial charge in [0, 0.05) is 17.0 Å². The predicted octanol–water partition coefficient (Wildman–Crippen LogP) is 3.49. The molecule has 24 heavy (non-hydrogen) atoms. The van der Waals surface area contributed by atoms with Gasteiger partial charge in [-0.2, -0.15) is 0 Å². The van der Waals surface area contributed by atoms with Crippen LogP contribution in [0.2, 0.25) is 0 Å². The highest BCUT2D eigenvalue weighted by atomic mass is 32.2. The van der Waals surface area contributed by atoms with Crippen molar-refractivity contribution in [1.82, 2.24) is 10.6 Å². The summed E-state index contributed by atoms with van der Waals surface area (Å²) in [5, 5.41) is 6.42. The highest BCUT2D eigenvalue weighted by molar-refractivity contribution is 7.98. The molecule has 0 aliphatic carbocycles. The Morgan fingerprint density at radius 3 is 2.83 bits per heavy atom. The molecular weight excluding hydrogens is 316 g/mol. The Kier molecular flexibility index (Phi) is 5.94. The molecule has 0 radical (unpaired) electrons.